The van der Waals surface area contributed by atoms with E-state index >= 15 is 0 Å². The fourth-order valence-electron chi connectivity index (χ4n) is 2.65. The predicted molar refractivity (Wildman–Crippen MR) is 88.6 cm³/mol. The van der Waals surface area contributed by atoms with Crippen molar-refractivity contribution in [3.63, 3.8) is 0 Å². The first-order valence-electron chi connectivity index (χ1n) is 7.30. The fraction of sp³-hybridized carbons (Fsp3) is 0.111. The van der Waals surface area contributed by atoms with Crippen molar-refractivity contribution < 1.29 is 0 Å². The molecule has 2 heterocycles. The Kier molecular flexibility index (Phi) is 3.00. The van der Waals surface area contributed by atoms with Gasteiger partial charge in [0.1, 0.15) is 5.84 Å². The largest absolute Gasteiger partial charge is 0.340 e. The van der Waals surface area contributed by atoms with Gasteiger partial charge in [0.2, 0.25) is 0 Å². The zero-order valence-corrected chi connectivity index (χ0v) is 12.3. The Morgan fingerprint density at radius 2 is 1.95 bits per heavy atom. The molecule has 0 saturated heterocycles. The number of nitrogens with zero attached hydrogens (tertiary/aromatic N) is 3. The van der Waals surface area contributed by atoms with Crippen molar-refractivity contribution in [3.8, 4) is 5.69 Å². The lowest BCUT2D eigenvalue weighted by Gasteiger charge is -2.19. The third-order valence-corrected chi connectivity index (χ3v) is 3.81. The molecule has 0 fully saturated rings. The van der Waals surface area contributed by atoms with Gasteiger partial charge < -0.3 is 9.88 Å². The summed E-state index contributed by atoms with van der Waals surface area (Å²) in [5.74, 6) is 0.930. The van der Waals surface area contributed by atoms with Crippen LogP contribution in [0.2, 0.25) is 0 Å². The number of aromatic nitrogens is 2. The zero-order valence-electron chi connectivity index (χ0n) is 12.3. The Balaban J connectivity index is 1.65. The molecular weight excluding hydrogens is 272 g/mol. The van der Waals surface area contributed by atoms with E-state index in [4.69, 9.17) is 0 Å². The molecule has 4 nitrogen and oxygen atoms in total. The highest BCUT2D eigenvalue weighted by molar-refractivity contribution is 6.09. The molecule has 0 radical (unpaired) electrons. The van der Waals surface area contributed by atoms with Crippen LogP contribution in [-0.4, -0.2) is 15.4 Å². The first-order chi connectivity index (χ1) is 10.8. The summed E-state index contributed by atoms with van der Waals surface area (Å²) in [6, 6.07) is 16.6. The van der Waals surface area contributed by atoms with Crippen molar-refractivity contribution in [1.82, 2.24) is 9.55 Å². The van der Waals surface area contributed by atoms with Gasteiger partial charge in [-0.05, 0) is 30.7 Å². The molecular formula is C18H16N4. The van der Waals surface area contributed by atoms with Gasteiger partial charge >= 0.3 is 0 Å². The van der Waals surface area contributed by atoms with Crippen LogP contribution < -0.4 is 5.32 Å². The molecule has 0 aliphatic carbocycles. The minimum atomic E-state index is 0.689. The molecule has 0 unspecified atom stereocenters. The van der Waals surface area contributed by atoms with E-state index in [-0.39, 0.29) is 0 Å². The van der Waals surface area contributed by atoms with Crippen molar-refractivity contribution in [1.29, 1.82) is 0 Å². The molecule has 0 bridgehead atoms. The molecule has 3 aromatic rings. The van der Waals surface area contributed by atoms with E-state index in [1.54, 1.807) is 0 Å². The SMILES string of the molecule is Cc1cn(-c2ccc3c(c2)CN=C(c2ccccc2)N3)cn1. The van der Waals surface area contributed by atoms with Crippen LogP contribution >= 0.6 is 0 Å². The first kappa shape index (κ1) is 12.8. The Morgan fingerprint density at radius 3 is 2.73 bits per heavy atom. The molecule has 4 heteroatoms. The summed E-state index contributed by atoms with van der Waals surface area (Å²) >= 11 is 0. The first-order valence-corrected chi connectivity index (χ1v) is 7.30. The lowest BCUT2D eigenvalue weighted by atomic mass is 10.1. The van der Waals surface area contributed by atoms with Crippen molar-refractivity contribution in [2.45, 2.75) is 13.5 Å². The Labute approximate surface area is 129 Å². The molecule has 0 atom stereocenters. The second-order valence-corrected chi connectivity index (χ2v) is 5.42. The Hall–Kier alpha value is -2.88. The van der Waals surface area contributed by atoms with Crippen molar-refractivity contribution in [2.24, 2.45) is 4.99 Å². The number of nitrogens with one attached hydrogen (secondary N) is 1. The lowest BCUT2D eigenvalue weighted by molar-refractivity contribution is 1.01. The zero-order chi connectivity index (χ0) is 14.9. The second-order valence-electron chi connectivity index (χ2n) is 5.42. The maximum Gasteiger partial charge on any atom is 0.133 e. The standard InChI is InChI=1S/C18H16N4/c1-13-11-22(12-20-13)16-7-8-17-15(9-16)10-19-18(21-17)14-5-3-2-4-6-14/h2-9,11-12H,10H2,1H3,(H,19,21). The van der Waals surface area contributed by atoms with Gasteiger partial charge in [-0.1, -0.05) is 30.3 Å². The van der Waals surface area contributed by atoms with E-state index in [0.717, 1.165) is 28.5 Å². The van der Waals surface area contributed by atoms with Gasteiger partial charge in [-0.25, -0.2) is 4.98 Å². The van der Waals surface area contributed by atoms with Crippen LogP contribution in [0.25, 0.3) is 5.69 Å². The van der Waals surface area contributed by atoms with Crippen LogP contribution in [-0.2, 0) is 6.54 Å². The minimum Gasteiger partial charge on any atom is -0.340 e. The third kappa shape index (κ3) is 2.29. The Morgan fingerprint density at radius 1 is 1.09 bits per heavy atom. The number of hydrogen-bond donors (Lipinski definition) is 1. The molecule has 0 amide bonds. The third-order valence-electron chi connectivity index (χ3n) is 3.81. The van der Waals surface area contributed by atoms with Crippen molar-refractivity contribution >= 4 is 11.5 Å². The van der Waals surface area contributed by atoms with Gasteiger partial charge in [0.15, 0.2) is 0 Å². The smallest absolute Gasteiger partial charge is 0.133 e. The summed E-state index contributed by atoms with van der Waals surface area (Å²) in [4.78, 5) is 8.94. The molecule has 22 heavy (non-hydrogen) atoms. The molecule has 0 spiro atoms. The van der Waals surface area contributed by atoms with Crippen molar-refractivity contribution in [3.05, 3.63) is 77.9 Å². The number of amidine groups is 1. The average Bonchev–Trinajstić information content (AvgIpc) is 3.01. The number of rotatable bonds is 2. The lowest BCUT2D eigenvalue weighted by Crippen LogP contribution is -2.19. The number of anilines is 1. The summed E-state index contributed by atoms with van der Waals surface area (Å²) in [5, 5.41) is 3.42. The molecule has 1 aromatic heterocycles. The highest BCUT2D eigenvalue weighted by atomic mass is 15.0. The van der Waals surface area contributed by atoms with Gasteiger partial charge in [-0.3, -0.25) is 4.99 Å². The van der Waals surface area contributed by atoms with Crippen LogP contribution in [0.15, 0.2) is 66.0 Å². The summed E-state index contributed by atoms with van der Waals surface area (Å²) in [7, 11) is 0. The number of aliphatic imine (C=N–C) groups is 1. The monoisotopic (exact) mass is 288 g/mol. The van der Waals surface area contributed by atoms with Gasteiger partial charge in [0, 0.05) is 23.1 Å². The van der Waals surface area contributed by atoms with E-state index in [0.29, 0.717) is 6.54 Å². The number of benzene rings is 2. The molecule has 4 rings (SSSR count). The summed E-state index contributed by atoms with van der Waals surface area (Å²) in [6.45, 7) is 2.68. The summed E-state index contributed by atoms with van der Waals surface area (Å²) in [5.41, 5.74) is 5.56. The number of aryl methyl sites for hydroxylation is 1. The molecule has 2 aromatic carbocycles. The molecule has 1 aliphatic heterocycles. The second kappa shape index (κ2) is 5.15. The van der Waals surface area contributed by atoms with Gasteiger partial charge in [-0.15, -0.1) is 0 Å². The van der Waals surface area contributed by atoms with E-state index in [2.05, 4.69) is 45.6 Å². The molecule has 1 N–H and O–H groups in total. The molecule has 108 valence electrons. The quantitative estimate of drug-likeness (QED) is 0.783. The molecule has 0 saturated carbocycles. The fourth-order valence-corrected chi connectivity index (χ4v) is 2.65. The summed E-state index contributed by atoms with van der Waals surface area (Å²) < 4.78 is 2.03. The van der Waals surface area contributed by atoms with E-state index in [1.165, 1.54) is 5.56 Å². The highest BCUT2D eigenvalue weighted by Crippen LogP contribution is 2.25. The van der Waals surface area contributed by atoms with Crippen LogP contribution in [0.4, 0.5) is 5.69 Å². The number of fused-ring (bicyclic) bond motifs is 1. The van der Waals surface area contributed by atoms with Crippen LogP contribution in [0, 0.1) is 6.92 Å². The van der Waals surface area contributed by atoms with Gasteiger partial charge in [0.25, 0.3) is 0 Å². The topological polar surface area (TPSA) is 42.2 Å². The van der Waals surface area contributed by atoms with E-state index in [1.807, 2.05) is 42.2 Å². The van der Waals surface area contributed by atoms with Gasteiger partial charge in [-0.2, -0.15) is 0 Å². The normalized spacial score (nSPS) is 13.2. The summed E-state index contributed by atoms with van der Waals surface area (Å²) in [6.07, 6.45) is 3.86. The minimum absolute atomic E-state index is 0.689. The predicted octanol–water partition coefficient (Wildman–Crippen LogP) is 3.55. The maximum atomic E-state index is 4.66. The van der Waals surface area contributed by atoms with Crippen molar-refractivity contribution in [2.75, 3.05) is 5.32 Å². The van der Waals surface area contributed by atoms with Crippen LogP contribution in [0.5, 0.6) is 0 Å². The Bertz CT molecular complexity index is 847. The van der Waals surface area contributed by atoms with E-state index in [9.17, 15) is 0 Å². The molecule has 1 aliphatic rings. The van der Waals surface area contributed by atoms with Gasteiger partial charge in [0.05, 0.1) is 18.6 Å². The van der Waals surface area contributed by atoms with Crippen LogP contribution in [0.1, 0.15) is 16.8 Å². The van der Waals surface area contributed by atoms with E-state index < -0.39 is 0 Å². The maximum absolute atomic E-state index is 4.66. The highest BCUT2D eigenvalue weighted by Gasteiger charge is 2.13. The van der Waals surface area contributed by atoms with Crippen LogP contribution in [0.3, 0.4) is 0 Å². The number of hydrogen-bond acceptors (Lipinski definition) is 3. The number of imidazole rings is 1. The average molecular weight is 288 g/mol.